The second kappa shape index (κ2) is 14.5. The van der Waals surface area contributed by atoms with Gasteiger partial charge < -0.3 is 13.6 Å². The maximum absolute atomic E-state index is 10.5. The molecular weight excluding hydrogens is 793 g/mol. The van der Waals surface area contributed by atoms with Crippen LogP contribution in [0.3, 0.4) is 0 Å². The van der Waals surface area contributed by atoms with E-state index >= 15 is 0 Å². The highest BCUT2D eigenvalue weighted by atomic mass is 28.3. The first-order valence-corrected chi connectivity index (χ1v) is 22.3. The van der Waals surface area contributed by atoms with Gasteiger partial charge in [-0.15, -0.1) is 0 Å². The molecular formula is C60H40N2OSi. The summed E-state index contributed by atoms with van der Waals surface area (Å²) in [6, 6.07) is 19.8. The molecule has 64 heavy (non-hydrogen) atoms. The lowest BCUT2D eigenvalue weighted by atomic mass is 10.1. The van der Waals surface area contributed by atoms with Crippen LogP contribution in [-0.2, 0) is 0 Å². The molecule has 3 aromatic heterocycles. The van der Waals surface area contributed by atoms with E-state index in [9.17, 15) is 15.1 Å². The molecule has 0 aliphatic carbocycles. The normalized spacial score (nSPS) is 16.7. The Hall–Kier alpha value is -8.18. The van der Waals surface area contributed by atoms with Gasteiger partial charge in [0.25, 0.3) is 0 Å². The minimum absolute atomic E-state index is 0.00788. The molecule has 13 rings (SSSR count). The second-order valence-electron chi connectivity index (χ2n) is 15.2. The fourth-order valence-electron chi connectivity index (χ4n) is 9.25. The predicted octanol–water partition coefficient (Wildman–Crippen LogP) is 12.8. The van der Waals surface area contributed by atoms with Crippen molar-refractivity contribution in [2.75, 3.05) is 0 Å². The lowest BCUT2D eigenvalue weighted by Gasteiger charge is -2.35. The Kier molecular flexibility index (Phi) is 4.80. The van der Waals surface area contributed by atoms with Crippen LogP contribution >= 0.6 is 0 Å². The highest BCUT2D eigenvalue weighted by Gasteiger charge is 2.41. The maximum Gasteiger partial charge on any atom is 0.179 e. The zero-order valence-corrected chi connectivity index (χ0v) is 34.3. The van der Waals surface area contributed by atoms with E-state index in [1.807, 2.05) is 115 Å². The van der Waals surface area contributed by atoms with E-state index in [-0.39, 0.29) is 5.19 Å². The molecule has 300 valence electrons. The smallest absolute Gasteiger partial charge is 0.179 e. The van der Waals surface area contributed by atoms with Gasteiger partial charge in [0.1, 0.15) is 5.58 Å². The monoisotopic (exact) mass is 853 g/mol. The Morgan fingerprint density at radius 2 is 0.906 bits per heavy atom. The molecule has 0 spiro atoms. The Balaban J connectivity index is 1.28. The molecule has 0 aliphatic heterocycles. The van der Waals surface area contributed by atoms with Gasteiger partial charge in [0.15, 0.2) is 13.7 Å². The van der Waals surface area contributed by atoms with Gasteiger partial charge in [-0.2, -0.15) is 0 Å². The van der Waals surface area contributed by atoms with E-state index in [0.717, 1.165) is 20.3 Å². The summed E-state index contributed by atoms with van der Waals surface area (Å²) in [6.45, 7) is 0. The summed E-state index contributed by atoms with van der Waals surface area (Å²) in [4.78, 5) is 0. The minimum Gasteiger partial charge on any atom is -0.454 e. The minimum atomic E-state index is -4.07. The van der Waals surface area contributed by atoms with Crippen molar-refractivity contribution in [1.29, 1.82) is 0 Å². The Bertz CT molecular complexity index is 5000. The fourth-order valence-corrected chi connectivity index (χ4v) is 13.7. The first kappa shape index (κ1) is 21.3. The van der Waals surface area contributed by atoms with Crippen LogP contribution in [0.5, 0.6) is 0 Å². The number of para-hydroxylation sites is 4. The Morgan fingerprint density at radius 3 is 1.53 bits per heavy atom. The lowest BCUT2D eigenvalue weighted by Crippen LogP contribution is -2.74. The van der Waals surface area contributed by atoms with E-state index in [1.165, 1.54) is 0 Å². The van der Waals surface area contributed by atoms with Gasteiger partial charge in [0.2, 0.25) is 0 Å². The number of rotatable bonds is 7. The predicted molar refractivity (Wildman–Crippen MR) is 271 cm³/mol. The summed E-state index contributed by atoms with van der Waals surface area (Å²) < 4.78 is 207. The SMILES string of the molecule is [2H]c1c([2H])c([Si](c2ccccc2)(c2ccccc2)c2cccc(-c3ccccc3)c2)c([2H])c([2H])c1-n1c2c([2H])c([2H])c([2H])c([2H])c2c2c([2H])c(-n3c4c([2H])c([2H])c([2H])c([2H])c4c4c([2H])c([2H])c([2H])c([2H])c43)c3oc4c([2H])c([2H])c([2H])c([2H])c4c3c21. The summed E-state index contributed by atoms with van der Waals surface area (Å²) in [5, 5.41) is -0.540. The molecule has 0 amide bonds. The average molecular weight is 854 g/mol. The number of aromatic nitrogens is 2. The van der Waals surface area contributed by atoms with Crippen molar-refractivity contribution >= 4 is 94.4 Å². The summed E-state index contributed by atoms with van der Waals surface area (Å²) in [7, 11) is -4.07. The van der Waals surface area contributed by atoms with Gasteiger partial charge in [-0.25, -0.2) is 0 Å². The van der Waals surface area contributed by atoms with Crippen LogP contribution in [0.15, 0.2) is 247 Å². The number of hydrogen-bond acceptors (Lipinski definition) is 1. The fraction of sp³-hybridized carbons (Fsp3) is 0. The molecule has 0 aliphatic rings. The summed E-state index contributed by atoms with van der Waals surface area (Å²) in [5.41, 5.74) is -2.60. The van der Waals surface area contributed by atoms with Crippen molar-refractivity contribution < 1.29 is 33.2 Å². The molecule has 0 unspecified atom stereocenters. The summed E-state index contributed by atoms with van der Waals surface area (Å²) in [5.74, 6) is 0. The molecule has 0 saturated heterocycles. The average Bonchev–Trinajstić information content (AvgIpc) is 1.57. The molecule has 3 heterocycles. The van der Waals surface area contributed by atoms with E-state index in [4.69, 9.17) is 18.1 Å². The highest BCUT2D eigenvalue weighted by molar-refractivity contribution is 7.19. The quantitative estimate of drug-likeness (QED) is 0.116. The highest BCUT2D eigenvalue weighted by Crippen LogP contribution is 2.45. The number of nitrogens with zero attached hydrogens (tertiary/aromatic N) is 2. The third kappa shape index (κ3) is 5.33. The molecule has 0 atom stereocenters. The van der Waals surface area contributed by atoms with Crippen molar-refractivity contribution in [2.24, 2.45) is 0 Å². The number of hydrogen-bond donors (Lipinski definition) is 0. The number of furan rings is 1. The zero-order valence-electron chi connectivity index (χ0n) is 54.3. The van der Waals surface area contributed by atoms with Crippen LogP contribution < -0.4 is 20.7 Å². The van der Waals surface area contributed by atoms with E-state index < -0.39 is 212 Å². The molecule has 4 heteroatoms. The Morgan fingerprint density at radius 1 is 0.406 bits per heavy atom. The van der Waals surface area contributed by atoms with Crippen molar-refractivity contribution in [3.8, 4) is 22.5 Å². The summed E-state index contributed by atoms with van der Waals surface area (Å²) >= 11 is 0. The topological polar surface area (TPSA) is 23.0 Å². The largest absolute Gasteiger partial charge is 0.454 e. The molecule has 0 saturated carbocycles. The molecule has 0 N–H and O–H groups in total. The molecule has 3 nitrogen and oxygen atoms in total. The first-order valence-electron chi connectivity index (χ1n) is 30.8. The van der Waals surface area contributed by atoms with Crippen LogP contribution in [0, 0.1) is 0 Å². The van der Waals surface area contributed by atoms with Crippen molar-refractivity contribution in [1.82, 2.24) is 9.13 Å². The second-order valence-corrected chi connectivity index (χ2v) is 18.9. The van der Waals surface area contributed by atoms with E-state index in [1.54, 1.807) is 0 Å². The Labute approximate surface area is 400 Å². The van der Waals surface area contributed by atoms with Crippen molar-refractivity contribution in [2.45, 2.75) is 0 Å². The van der Waals surface area contributed by atoms with Gasteiger partial charge in [-0.3, -0.25) is 0 Å². The van der Waals surface area contributed by atoms with Crippen LogP contribution in [0.1, 0.15) is 28.8 Å². The van der Waals surface area contributed by atoms with Gasteiger partial charge in [-0.05, 0) is 74.2 Å². The van der Waals surface area contributed by atoms with E-state index in [0.29, 0.717) is 15.6 Å². The van der Waals surface area contributed by atoms with Crippen molar-refractivity contribution in [3.63, 3.8) is 0 Å². The molecule has 0 radical (unpaired) electrons. The number of fused-ring (bicyclic) bond motifs is 10. The van der Waals surface area contributed by atoms with Gasteiger partial charge in [0.05, 0.1) is 61.9 Å². The third-order valence-electron chi connectivity index (χ3n) is 11.9. The van der Waals surface area contributed by atoms with Gasteiger partial charge >= 0.3 is 0 Å². The third-order valence-corrected chi connectivity index (χ3v) is 16.5. The molecule has 13 aromatic rings. The van der Waals surface area contributed by atoms with Crippen molar-refractivity contribution in [3.05, 3.63) is 242 Å². The van der Waals surface area contributed by atoms with Crippen LogP contribution in [-0.4, -0.2) is 17.2 Å². The van der Waals surface area contributed by atoms with E-state index in [2.05, 4.69) is 0 Å². The van der Waals surface area contributed by atoms with Crippen LogP contribution in [0.2, 0.25) is 0 Å². The van der Waals surface area contributed by atoms with Gasteiger partial charge in [-0.1, -0.05) is 200 Å². The lowest BCUT2D eigenvalue weighted by molar-refractivity contribution is 0.666. The summed E-state index contributed by atoms with van der Waals surface area (Å²) in [6.07, 6.45) is 0. The zero-order chi connectivity index (χ0) is 60.5. The molecule has 10 aromatic carbocycles. The number of benzene rings is 10. The standard InChI is InChI=1S/C60H40N2OSi/c1-4-19-41(20-5-1)42-21-18-26-47(39-42)64(44-22-6-2-7-23-44,45-24-8-3-9-25-45)46-37-35-43(36-38-46)61-53-31-14-12-29-50(53)52-40-56(60-58(59(52)61)51-30-13-17-34-57(51)63-60)62-54-32-15-10-27-48(54)49-28-11-16-33-55(49)62/h1-40H/i10D,11D,12D,13D,14D,15D,16D,17D,27D,28D,29D,30D,31D,32D,33D,34D,35D,36D,37D,38D,40D. The van der Waals surface area contributed by atoms with Crippen LogP contribution in [0.4, 0.5) is 0 Å². The van der Waals surface area contributed by atoms with Crippen LogP contribution in [0.25, 0.3) is 88.1 Å². The molecule has 0 fully saturated rings. The first-order chi connectivity index (χ1) is 40.5. The maximum atomic E-state index is 10.5. The molecule has 0 bridgehead atoms. The van der Waals surface area contributed by atoms with Gasteiger partial charge in [0, 0.05) is 32.6 Å².